The monoisotopic (exact) mass is 420 g/mol. The molecule has 3 aliphatic rings. The summed E-state index contributed by atoms with van der Waals surface area (Å²) in [6, 6.07) is -0.402. The van der Waals surface area contributed by atoms with Crippen molar-refractivity contribution in [2.45, 2.75) is 95.6 Å². The van der Waals surface area contributed by atoms with Crippen molar-refractivity contribution in [2.75, 3.05) is 19.6 Å². The van der Waals surface area contributed by atoms with Gasteiger partial charge in [-0.05, 0) is 39.5 Å². The van der Waals surface area contributed by atoms with Gasteiger partial charge in [-0.2, -0.15) is 0 Å². The van der Waals surface area contributed by atoms with Crippen LogP contribution in [0.1, 0.15) is 84.5 Å². The third-order valence-electron chi connectivity index (χ3n) is 7.06. The first kappa shape index (κ1) is 22.6. The highest BCUT2D eigenvalue weighted by Gasteiger charge is 2.51. The zero-order valence-corrected chi connectivity index (χ0v) is 18.4. The predicted molar refractivity (Wildman–Crippen MR) is 113 cm³/mol. The van der Waals surface area contributed by atoms with Gasteiger partial charge in [0, 0.05) is 26.1 Å². The van der Waals surface area contributed by atoms with Crippen LogP contribution in [-0.4, -0.2) is 64.3 Å². The second kappa shape index (κ2) is 9.35. The molecule has 2 N–H and O–H groups in total. The Morgan fingerprint density at radius 3 is 2.10 bits per heavy atom. The van der Waals surface area contributed by atoms with Gasteiger partial charge >= 0.3 is 6.03 Å². The SMILES string of the molecule is CCN(CC)C(=O)C1(NC(=O)CCN2C(=O)NC3(CCCCC3)C2=O)CCCCC1. The van der Waals surface area contributed by atoms with Gasteiger partial charge in [-0.15, -0.1) is 0 Å². The number of hydrogen-bond donors (Lipinski definition) is 2. The van der Waals surface area contributed by atoms with Crippen molar-refractivity contribution in [3.63, 3.8) is 0 Å². The van der Waals surface area contributed by atoms with Crippen LogP contribution in [0.3, 0.4) is 0 Å². The predicted octanol–water partition coefficient (Wildman–Crippen LogP) is 2.32. The number of urea groups is 1. The number of rotatable bonds is 7. The van der Waals surface area contributed by atoms with Gasteiger partial charge in [-0.3, -0.25) is 19.3 Å². The maximum absolute atomic E-state index is 13.2. The smallest absolute Gasteiger partial charge is 0.325 e. The molecule has 30 heavy (non-hydrogen) atoms. The van der Waals surface area contributed by atoms with Gasteiger partial charge in [-0.25, -0.2) is 4.79 Å². The highest BCUT2D eigenvalue weighted by molar-refractivity contribution is 6.07. The Bertz CT molecular complexity index is 677. The summed E-state index contributed by atoms with van der Waals surface area (Å²) >= 11 is 0. The second-order valence-electron chi connectivity index (χ2n) is 8.95. The molecule has 1 heterocycles. The Morgan fingerprint density at radius 1 is 0.967 bits per heavy atom. The molecule has 3 rings (SSSR count). The van der Waals surface area contributed by atoms with Crippen molar-refractivity contribution in [1.82, 2.24) is 20.4 Å². The van der Waals surface area contributed by atoms with Crippen LogP contribution in [0.2, 0.25) is 0 Å². The summed E-state index contributed by atoms with van der Waals surface area (Å²) in [5.74, 6) is -0.495. The number of nitrogens with zero attached hydrogens (tertiary/aromatic N) is 2. The summed E-state index contributed by atoms with van der Waals surface area (Å²) in [6.45, 7) is 5.15. The largest absolute Gasteiger partial charge is 0.342 e. The van der Waals surface area contributed by atoms with Crippen molar-refractivity contribution in [1.29, 1.82) is 0 Å². The van der Waals surface area contributed by atoms with Crippen molar-refractivity contribution >= 4 is 23.8 Å². The number of hydrogen-bond acceptors (Lipinski definition) is 4. The number of likely N-dealkylation sites (N-methyl/N-ethyl adjacent to an activating group) is 1. The van der Waals surface area contributed by atoms with Gasteiger partial charge in [0.25, 0.3) is 5.91 Å². The molecule has 0 radical (unpaired) electrons. The number of amides is 5. The van der Waals surface area contributed by atoms with Crippen molar-refractivity contribution in [3.05, 3.63) is 0 Å². The Labute approximate surface area is 179 Å². The van der Waals surface area contributed by atoms with E-state index in [4.69, 9.17) is 0 Å². The Hall–Kier alpha value is -2.12. The summed E-state index contributed by atoms with van der Waals surface area (Å²) in [6.07, 6.45) is 8.44. The molecule has 0 aromatic rings. The van der Waals surface area contributed by atoms with Gasteiger partial charge in [0.15, 0.2) is 0 Å². The molecule has 0 aromatic heterocycles. The molecule has 3 fully saturated rings. The summed E-state index contributed by atoms with van der Waals surface area (Å²) in [7, 11) is 0. The van der Waals surface area contributed by atoms with E-state index < -0.39 is 17.1 Å². The number of carbonyl (C=O) groups is 4. The maximum Gasteiger partial charge on any atom is 0.325 e. The summed E-state index contributed by atoms with van der Waals surface area (Å²) < 4.78 is 0. The molecule has 0 aromatic carbocycles. The van der Waals surface area contributed by atoms with Crippen LogP contribution < -0.4 is 10.6 Å². The molecule has 0 unspecified atom stereocenters. The minimum atomic E-state index is -0.858. The Kier molecular flexibility index (Phi) is 7.03. The van der Waals surface area contributed by atoms with Crippen LogP contribution in [0, 0.1) is 0 Å². The van der Waals surface area contributed by atoms with E-state index in [1.165, 1.54) is 4.90 Å². The van der Waals surface area contributed by atoms with Gasteiger partial charge in [0.2, 0.25) is 11.8 Å². The molecular formula is C22H36N4O4. The van der Waals surface area contributed by atoms with Crippen LogP contribution >= 0.6 is 0 Å². The van der Waals surface area contributed by atoms with E-state index in [0.29, 0.717) is 38.8 Å². The molecule has 0 atom stereocenters. The van der Waals surface area contributed by atoms with Crippen molar-refractivity contribution in [3.8, 4) is 0 Å². The van der Waals surface area contributed by atoms with E-state index in [1.54, 1.807) is 4.90 Å². The lowest BCUT2D eigenvalue weighted by Gasteiger charge is -2.40. The second-order valence-corrected chi connectivity index (χ2v) is 8.95. The third kappa shape index (κ3) is 4.32. The van der Waals surface area contributed by atoms with Gasteiger partial charge in [0.05, 0.1) is 0 Å². The zero-order valence-electron chi connectivity index (χ0n) is 18.4. The molecule has 8 heteroatoms. The van der Waals surface area contributed by atoms with Gasteiger partial charge < -0.3 is 15.5 Å². The molecule has 1 aliphatic heterocycles. The first-order chi connectivity index (χ1) is 14.4. The third-order valence-corrected chi connectivity index (χ3v) is 7.06. The molecule has 2 aliphatic carbocycles. The van der Waals surface area contributed by atoms with Crippen molar-refractivity contribution in [2.24, 2.45) is 0 Å². The summed E-state index contributed by atoms with van der Waals surface area (Å²) in [5.41, 5.74) is -1.63. The van der Waals surface area contributed by atoms with E-state index in [0.717, 1.165) is 38.5 Å². The Morgan fingerprint density at radius 2 is 1.53 bits per heavy atom. The molecule has 1 spiro atoms. The molecule has 5 amide bonds. The minimum Gasteiger partial charge on any atom is -0.342 e. The van der Waals surface area contributed by atoms with E-state index in [9.17, 15) is 19.2 Å². The van der Waals surface area contributed by atoms with Crippen molar-refractivity contribution < 1.29 is 19.2 Å². The Balaban J connectivity index is 1.62. The van der Waals surface area contributed by atoms with Crippen LogP contribution in [0.15, 0.2) is 0 Å². The average molecular weight is 421 g/mol. The highest BCUT2D eigenvalue weighted by atomic mass is 16.2. The van der Waals surface area contributed by atoms with E-state index in [-0.39, 0.29) is 30.7 Å². The average Bonchev–Trinajstić information content (AvgIpc) is 2.97. The first-order valence-electron chi connectivity index (χ1n) is 11.6. The lowest BCUT2D eigenvalue weighted by molar-refractivity contribution is -0.143. The number of carbonyl (C=O) groups excluding carboxylic acids is 4. The quantitative estimate of drug-likeness (QED) is 0.618. The lowest BCUT2D eigenvalue weighted by atomic mass is 9.80. The normalized spacial score (nSPS) is 22.7. The minimum absolute atomic E-state index is 0.0164. The molecule has 168 valence electrons. The molecular weight excluding hydrogens is 384 g/mol. The first-order valence-corrected chi connectivity index (χ1v) is 11.6. The van der Waals surface area contributed by atoms with Gasteiger partial charge in [-0.1, -0.05) is 38.5 Å². The van der Waals surface area contributed by atoms with Crippen LogP contribution in [-0.2, 0) is 14.4 Å². The van der Waals surface area contributed by atoms with E-state index in [2.05, 4.69) is 10.6 Å². The van der Waals surface area contributed by atoms with Crippen LogP contribution in [0.25, 0.3) is 0 Å². The standard InChI is InChI=1S/C22H36N4O4/c1-3-25(4-2)18(28)21(12-7-5-8-13-21)23-17(27)11-16-26-19(29)22(24-20(26)30)14-9-6-10-15-22/h3-16H2,1-2H3,(H,23,27)(H,24,30). The molecule has 1 saturated heterocycles. The fourth-order valence-corrected chi connectivity index (χ4v) is 5.28. The number of nitrogens with one attached hydrogen (secondary N) is 2. The molecule has 8 nitrogen and oxygen atoms in total. The van der Waals surface area contributed by atoms with Gasteiger partial charge in [0.1, 0.15) is 11.1 Å². The highest BCUT2D eigenvalue weighted by Crippen LogP contribution is 2.34. The van der Waals surface area contributed by atoms with E-state index in [1.807, 2.05) is 13.8 Å². The molecule has 2 saturated carbocycles. The summed E-state index contributed by atoms with van der Waals surface area (Å²) in [4.78, 5) is 54.2. The van der Waals surface area contributed by atoms with Crippen LogP contribution in [0.5, 0.6) is 0 Å². The van der Waals surface area contributed by atoms with E-state index >= 15 is 0 Å². The number of imide groups is 1. The maximum atomic E-state index is 13.2. The fourth-order valence-electron chi connectivity index (χ4n) is 5.28. The topological polar surface area (TPSA) is 98.8 Å². The fraction of sp³-hybridized carbons (Fsp3) is 0.818. The summed E-state index contributed by atoms with van der Waals surface area (Å²) in [5, 5.41) is 5.88. The van der Waals surface area contributed by atoms with Crippen LogP contribution in [0.4, 0.5) is 4.79 Å². The zero-order chi connectivity index (χ0) is 21.8. The lowest BCUT2D eigenvalue weighted by Crippen LogP contribution is -2.60. The molecule has 0 bridgehead atoms.